The molecule has 0 saturated heterocycles. The second-order valence-electron chi connectivity index (χ2n) is 7.33. The van der Waals surface area contributed by atoms with E-state index >= 15 is 0 Å². The third-order valence-electron chi connectivity index (χ3n) is 5.33. The summed E-state index contributed by atoms with van der Waals surface area (Å²) in [5, 5.41) is 1.52. The summed E-state index contributed by atoms with van der Waals surface area (Å²) in [6.45, 7) is 9.12. The molecule has 0 amide bonds. The van der Waals surface area contributed by atoms with Gasteiger partial charge in [-0.2, -0.15) is 0 Å². The van der Waals surface area contributed by atoms with E-state index < -0.39 is 0 Å². The number of allylic oxidation sites excluding steroid dienone is 1. The number of hydrogen-bond donors (Lipinski definition) is 0. The van der Waals surface area contributed by atoms with Gasteiger partial charge in [0.15, 0.2) is 5.16 Å². The molecule has 0 N–H and O–H groups in total. The van der Waals surface area contributed by atoms with E-state index in [4.69, 9.17) is 9.72 Å². The minimum absolute atomic E-state index is 0.0401. The van der Waals surface area contributed by atoms with Crippen LogP contribution in [0, 0.1) is 0 Å². The van der Waals surface area contributed by atoms with Crippen molar-refractivity contribution >= 4 is 33.3 Å². The maximum Gasteiger partial charge on any atom is 0.263 e. The monoisotopic (exact) mass is 412 g/mol. The first-order chi connectivity index (χ1) is 13.5. The Kier molecular flexibility index (Phi) is 5.45. The molecule has 28 heavy (non-hydrogen) atoms. The van der Waals surface area contributed by atoms with E-state index in [1.54, 1.807) is 33.7 Å². The van der Waals surface area contributed by atoms with Gasteiger partial charge >= 0.3 is 0 Å². The summed E-state index contributed by atoms with van der Waals surface area (Å²) in [6, 6.07) is 10.2. The summed E-state index contributed by atoms with van der Waals surface area (Å²) < 4.78 is 7.83. The lowest BCUT2D eigenvalue weighted by Crippen LogP contribution is -2.34. The zero-order valence-electron chi connectivity index (χ0n) is 16.2. The molecule has 4 rings (SSSR count). The zero-order valence-corrected chi connectivity index (χ0v) is 17.9. The van der Waals surface area contributed by atoms with Crippen LogP contribution in [0.4, 0.5) is 0 Å². The van der Waals surface area contributed by atoms with E-state index in [1.165, 1.54) is 5.56 Å². The van der Waals surface area contributed by atoms with Crippen LogP contribution in [0.15, 0.2) is 52.9 Å². The van der Waals surface area contributed by atoms with Crippen molar-refractivity contribution in [2.45, 2.75) is 56.4 Å². The van der Waals surface area contributed by atoms with Crippen molar-refractivity contribution in [3.05, 3.63) is 69.3 Å². The van der Waals surface area contributed by atoms with Crippen molar-refractivity contribution in [2.24, 2.45) is 0 Å². The molecular formula is C22H24N2O2S2. The number of rotatable bonds is 6. The third-order valence-corrected chi connectivity index (χ3v) is 7.48. The highest BCUT2D eigenvalue weighted by Crippen LogP contribution is 2.39. The van der Waals surface area contributed by atoms with Gasteiger partial charge in [-0.1, -0.05) is 55.1 Å². The van der Waals surface area contributed by atoms with E-state index in [2.05, 4.69) is 32.6 Å². The number of thiophene rings is 1. The summed E-state index contributed by atoms with van der Waals surface area (Å²) in [6.07, 6.45) is 3.45. The number of nitrogens with zero attached hydrogens (tertiary/aromatic N) is 2. The fourth-order valence-electron chi connectivity index (χ4n) is 3.48. The molecule has 0 saturated carbocycles. The minimum Gasteiger partial charge on any atom is -0.369 e. The first-order valence-corrected chi connectivity index (χ1v) is 11.3. The average Bonchev–Trinajstić information content (AvgIpc) is 3.07. The van der Waals surface area contributed by atoms with Crippen LogP contribution in [0.1, 0.15) is 36.3 Å². The van der Waals surface area contributed by atoms with Crippen LogP contribution >= 0.6 is 23.1 Å². The second-order valence-corrected chi connectivity index (χ2v) is 9.35. The first kappa shape index (κ1) is 19.4. The van der Waals surface area contributed by atoms with E-state index in [9.17, 15) is 4.79 Å². The molecule has 3 heterocycles. The predicted molar refractivity (Wildman–Crippen MR) is 117 cm³/mol. The quantitative estimate of drug-likeness (QED) is 0.318. The van der Waals surface area contributed by atoms with Crippen molar-refractivity contribution in [3.63, 3.8) is 0 Å². The van der Waals surface area contributed by atoms with Gasteiger partial charge < -0.3 is 4.74 Å². The molecule has 6 heteroatoms. The molecule has 0 unspecified atom stereocenters. The minimum atomic E-state index is -0.211. The van der Waals surface area contributed by atoms with Gasteiger partial charge in [0, 0.05) is 23.6 Å². The molecule has 1 aromatic carbocycles. The Morgan fingerprint density at radius 3 is 2.89 bits per heavy atom. The Morgan fingerprint density at radius 1 is 1.39 bits per heavy atom. The summed E-state index contributed by atoms with van der Waals surface area (Å²) in [4.78, 5) is 20.3. The Labute approximate surface area is 173 Å². The van der Waals surface area contributed by atoms with Gasteiger partial charge in [0.2, 0.25) is 0 Å². The van der Waals surface area contributed by atoms with Gasteiger partial charge in [-0.15, -0.1) is 17.9 Å². The van der Waals surface area contributed by atoms with Crippen LogP contribution in [0.25, 0.3) is 10.2 Å². The van der Waals surface area contributed by atoms with Crippen molar-refractivity contribution in [1.82, 2.24) is 9.55 Å². The summed E-state index contributed by atoms with van der Waals surface area (Å²) in [5.41, 5.74) is 2.17. The Bertz CT molecular complexity index is 1070. The standard InChI is InChI=1S/C22H24N2O2S2/c1-4-11-24-20(25)18-16-12-22(3,5-2)26-13-17(16)28-19(18)23-21(24)27-14-15-9-7-6-8-10-15/h4,6-10H,1,5,11-14H2,2-3H3/t22-/m0/s1. The normalized spacial score (nSPS) is 18.9. The van der Waals surface area contributed by atoms with Crippen LogP contribution in [-0.2, 0) is 30.1 Å². The molecule has 2 aromatic heterocycles. The van der Waals surface area contributed by atoms with Gasteiger partial charge in [-0.25, -0.2) is 4.98 Å². The fraction of sp³-hybridized carbons (Fsp3) is 0.364. The lowest BCUT2D eigenvalue weighted by Gasteiger charge is -2.32. The van der Waals surface area contributed by atoms with Crippen molar-refractivity contribution in [1.29, 1.82) is 0 Å². The highest BCUT2D eigenvalue weighted by Gasteiger charge is 2.33. The predicted octanol–water partition coefficient (Wildman–Crippen LogP) is 5.18. The van der Waals surface area contributed by atoms with Gasteiger partial charge in [0.05, 0.1) is 17.6 Å². The van der Waals surface area contributed by atoms with Crippen molar-refractivity contribution in [3.8, 4) is 0 Å². The van der Waals surface area contributed by atoms with E-state index in [1.807, 2.05) is 18.2 Å². The molecule has 0 bridgehead atoms. The van der Waals surface area contributed by atoms with Crippen LogP contribution in [0.2, 0.25) is 0 Å². The highest BCUT2D eigenvalue weighted by molar-refractivity contribution is 7.98. The molecule has 0 spiro atoms. The molecule has 1 atom stereocenters. The van der Waals surface area contributed by atoms with Gasteiger partial charge in [0.25, 0.3) is 5.56 Å². The molecule has 4 nitrogen and oxygen atoms in total. The SMILES string of the molecule is C=CCn1c(SCc2ccccc2)nc2sc3c(c2c1=O)C[C@](C)(CC)OC3. The van der Waals surface area contributed by atoms with Gasteiger partial charge in [-0.05, 0) is 24.5 Å². The molecular weight excluding hydrogens is 388 g/mol. The average molecular weight is 413 g/mol. The Balaban J connectivity index is 1.78. The molecule has 146 valence electrons. The molecule has 3 aromatic rings. The van der Waals surface area contributed by atoms with E-state index in [-0.39, 0.29) is 11.2 Å². The maximum atomic E-state index is 13.4. The van der Waals surface area contributed by atoms with E-state index in [0.29, 0.717) is 13.2 Å². The number of benzene rings is 1. The lowest BCUT2D eigenvalue weighted by atomic mass is 9.90. The largest absolute Gasteiger partial charge is 0.369 e. The van der Waals surface area contributed by atoms with Crippen LogP contribution in [0.5, 0.6) is 0 Å². The Hall–Kier alpha value is -1.89. The second kappa shape index (κ2) is 7.85. The van der Waals surface area contributed by atoms with E-state index in [0.717, 1.165) is 44.4 Å². The number of thioether (sulfide) groups is 1. The van der Waals surface area contributed by atoms with Gasteiger partial charge in [-0.3, -0.25) is 9.36 Å². The number of fused-ring (bicyclic) bond motifs is 3. The van der Waals surface area contributed by atoms with Crippen molar-refractivity contribution in [2.75, 3.05) is 0 Å². The van der Waals surface area contributed by atoms with Crippen LogP contribution < -0.4 is 5.56 Å². The highest BCUT2D eigenvalue weighted by atomic mass is 32.2. The van der Waals surface area contributed by atoms with Gasteiger partial charge in [0.1, 0.15) is 4.83 Å². The third kappa shape index (κ3) is 3.56. The Morgan fingerprint density at radius 2 is 2.18 bits per heavy atom. The molecule has 0 radical (unpaired) electrons. The first-order valence-electron chi connectivity index (χ1n) is 9.51. The topological polar surface area (TPSA) is 44.1 Å². The molecule has 0 fully saturated rings. The summed E-state index contributed by atoms with van der Waals surface area (Å²) >= 11 is 3.20. The van der Waals surface area contributed by atoms with Crippen LogP contribution in [-0.4, -0.2) is 15.2 Å². The molecule has 1 aliphatic heterocycles. The molecule has 1 aliphatic rings. The number of ether oxygens (including phenoxy) is 1. The maximum absolute atomic E-state index is 13.4. The number of hydrogen-bond acceptors (Lipinski definition) is 5. The zero-order chi connectivity index (χ0) is 19.7. The lowest BCUT2D eigenvalue weighted by molar-refractivity contribution is -0.0543. The summed E-state index contributed by atoms with van der Waals surface area (Å²) in [5.74, 6) is 0.776. The molecule has 0 aliphatic carbocycles. The van der Waals surface area contributed by atoms with Crippen LogP contribution in [0.3, 0.4) is 0 Å². The number of aromatic nitrogens is 2. The van der Waals surface area contributed by atoms with Crippen molar-refractivity contribution < 1.29 is 4.74 Å². The fourth-order valence-corrected chi connectivity index (χ4v) is 5.59. The smallest absolute Gasteiger partial charge is 0.263 e. The summed E-state index contributed by atoms with van der Waals surface area (Å²) in [7, 11) is 0.